The van der Waals surface area contributed by atoms with Gasteiger partial charge in [0.25, 0.3) is 0 Å². The number of halogens is 1. The molecule has 0 aliphatic carbocycles. The van der Waals surface area contributed by atoms with Crippen LogP contribution in [-0.2, 0) is 22.6 Å². The van der Waals surface area contributed by atoms with Crippen LogP contribution in [-0.4, -0.2) is 52.8 Å². The molecule has 3 aromatic carbocycles. The lowest BCUT2D eigenvalue weighted by Crippen LogP contribution is -2.18. The van der Waals surface area contributed by atoms with Gasteiger partial charge < -0.3 is 30.2 Å². The number of carbonyl (C=O) groups excluding carboxylic acids is 1. The number of anilines is 2. The summed E-state index contributed by atoms with van der Waals surface area (Å²) in [5.74, 6) is 0.908. The molecule has 0 radical (unpaired) electrons. The number of oxazole rings is 1. The average molecular weight is 665 g/mol. The number of esters is 1. The van der Waals surface area contributed by atoms with E-state index in [9.17, 15) is 4.79 Å². The predicted octanol–water partition coefficient (Wildman–Crippen LogP) is 6.85. The molecular weight excluding hydrogens is 628 g/mol. The molecule has 0 amide bonds. The van der Waals surface area contributed by atoms with Crippen molar-refractivity contribution in [1.29, 1.82) is 0 Å². The van der Waals surface area contributed by atoms with Crippen LogP contribution in [0.1, 0.15) is 28.7 Å². The maximum Gasteiger partial charge on any atom is 0.306 e. The number of methoxy groups -OCH3 is 1. The number of carbonyl (C=O) groups is 1. The number of fused-ring (bicyclic) bond motifs is 2. The Morgan fingerprint density at radius 2 is 1.67 bits per heavy atom. The summed E-state index contributed by atoms with van der Waals surface area (Å²) in [6, 6.07) is 20.1. The molecule has 6 aromatic rings. The van der Waals surface area contributed by atoms with Crippen molar-refractivity contribution in [2.24, 2.45) is 0 Å². The SMILES string of the molecule is COC(=O)CCNCc1cc(Cl)c2oc(-c3cccc(-c4cccc(Nc5nccc6cc(CNCCO)cnc56)c4C)c3C)nc2c1. The number of ether oxygens (including phenoxy) is 1. The van der Waals surface area contributed by atoms with Crippen molar-refractivity contribution in [3.63, 3.8) is 0 Å². The molecule has 3 heterocycles. The van der Waals surface area contributed by atoms with Crippen molar-refractivity contribution in [3.8, 4) is 22.6 Å². The van der Waals surface area contributed by atoms with E-state index in [4.69, 9.17) is 35.8 Å². The van der Waals surface area contributed by atoms with Crippen LogP contribution in [0.5, 0.6) is 0 Å². The fourth-order valence-electron chi connectivity index (χ4n) is 5.74. The second-order valence-corrected chi connectivity index (χ2v) is 11.9. The minimum Gasteiger partial charge on any atom is -0.469 e. The highest BCUT2D eigenvalue weighted by atomic mass is 35.5. The Morgan fingerprint density at radius 3 is 2.48 bits per heavy atom. The first-order valence-corrected chi connectivity index (χ1v) is 16.1. The lowest BCUT2D eigenvalue weighted by atomic mass is 9.93. The summed E-state index contributed by atoms with van der Waals surface area (Å²) in [5, 5.41) is 20.5. The van der Waals surface area contributed by atoms with E-state index < -0.39 is 0 Å². The zero-order valence-electron chi connectivity index (χ0n) is 27.1. The molecule has 0 aliphatic heterocycles. The van der Waals surface area contributed by atoms with E-state index >= 15 is 0 Å². The Kier molecular flexibility index (Phi) is 10.3. The van der Waals surface area contributed by atoms with Crippen molar-refractivity contribution >= 4 is 51.1 Å². The van der Waals surface area contributed by atoms with Crippen LogP contribution in [0.15, 0.2) is 77.5 Å². The van der Waals surface area contributed by atoms with E-state index in [2.05, 4.69) is 53.0 Å². The van der Waals surface area contributed by atoms with Crippen molar-refractivity contribution in [1.82, 2.24) is 25.6 Å². The molecule has 4 N–H and O–H groups in total. The molecule has 3 aromatic heterocycles. The second-order valence-electron chi connectivity index (χ2n) is 11.5. The molecule has 0 saturated heterocycles. The molecule has 0 spiro atoms. The van der Waals surface area contributed by atoms with Crippen molar-refractivity contribution < 1.29 is 19.1 Å². The summed E-state index contributed by atoms with van der Waals surface area (Å²) >= 11 is 6.63. The molecular formula is C37H37ClN6O4. The summed E-state index contributed by atoms with van der Waals surface area (Å²) in [7, 11) is 1.38. The molecule has 0 aliphatic rings. The third-order valence-corrected chi connectivity index (χ3v) is 8.56. The number of nitrogens with one attached hydrogen (secondary N) is 3. The lowest BCUT2D eigenvalue weighted by Gasteiger charge is -2.16. The van der Waals surface area contributed by atoms with Gasteiger partial charge in [-0.25, -0.2) is 9.97 Å². The number of nitrogens with zero attached hydrogens (tertiary/aromatic N) is 3. The molecule has 0 unspecified atom stereocenters. The standard InChI is InChI=1S/C37H37ClN6O4/c1-22-27(6-4-8-29(22)37-44-32-18-24(17-30(38)35(32)48-37)19-39-12-11-33(46)47-3)28-7-5-9-31(23(28)2)43-36-34-26(10-13-41-36)16-25(21-42-34)20-40-14-15-45/h4-10,13,16-18,21,39-40,45H,11-12,14-15,19-20H2,1-3H3,(H,41,43). The van der Waals surface area contributed by atoms with Crippen LogP contribution in [0.4, 0.5) is 11.5 Å². The third-order valence-electron chi connectivity index (χ3n) is 8.28. The highest BCUT2D eigenvalue weighted by molar-refractivity contribution is 6.34. The van der Waals surface area contributed by atoms with Gasteiger partial charge in [0.15, 0.2) is 11.4 Å². The highest BCUT2D eigenvalue weighted by Gasteiger charge is 2.18. The first kappa shape index (κ1) is 33.0. The van der Waals surface area contributed by atoms with E-state index in [1.807, 2.05) is 48.7 Å². The Balaban J connectivity index is 1.26. The Bertz CT molecular complexity index is 2100. The fraction of sp³-hybridized carbons (Fsp3) is 0.243. The molecule has 0 bridgehead atoms. The monoisotopic (exact) mass is 664 g/mol. The van der Waals surface area contributed by atoms with Gasteiger partial charge in [-0.3, -0.25) is 9.78 Å². The topological polar surface area (TPSA) is 134 Å². The van der Waals surface area contributed by atoms with E-state index in [1.54, 1.807) is 6.20 Å². The number of hydrogen-bond acceptors (Lipinski definition) is 10. The normalized spacial score (nSPS) is 11.4. The van der Waals surface area contributed by atoms with Gasteiger partial charge in [-0.2, -0.15) is 0 Å². The maximum absolute atomic E-state index is 11.4. The van der Waals surface area contributed by atoms with E-state index in [0.29, 0.717) is 54.0 Å². The van der Waals surface area contributed by atoms with Crippen LogP contribution < -0.4 is 16.0 Å². The van der Waals surface area contributed by atoms with Gasteiger partial charge >= 0.3 is 5.97 Å². The summed E-state index contributed by atoms with van der Waals surface area (Å²) < 4.78 is 10.9. The summed E-state index contributed by atoms with van der Waals surface area (Å²) in [6.45, 7) is 6.44. The third kappa shape index (κ3) is 7.17. The number of benzene rings is 3. The van der Waals surface area contributed by atoms with E-state index in [-0.39, 0.29) is 19.0 Å². The molecule has 0 fully saturated rings. The Morgan fingerprint density at radius 1 is 0.917 bits per heavy atom. The van der Waals surface area contributed by atoms with Crippen LogP contribution in [0, 0.1) is 13.8 Å². The largest absolute Gasteiger partial charge is 0.469 e. The van der Waals surface area contributed by atoms with E-state index in [1.165, 1.54) is 7.11 Å². The number of rotatable bonds is 13. The molecule has 0 saturated carbocycles. The van der Waals surface area contributed by atoms with Gasteiger partial charge in [-0.15, -0.1) is 0 Å². The van der Waals surface area contributed by atoms with Crippen molar-refractivity contribution in [3.05, 3.63) is 100 Å². The molecule has 10 nitrogen and oxygen atoms in total. The number of hydrogen-bond donors (Lipinski definition) is 4. The van der Waals surface area contributed by atoms with Gasteiger partial charge in [0.2, 0.25) is 5.89 Å². The van der Waals surface area contributed by atoms with Crippen LogP contribution in [0.2, 0.25) is 5.02 Å². The van der Waals surface area contributed by atoms with Gasteiger partial charge in [0.05, 0.1) is 25.2 Å². The summed E-state index contributed by atoms with van der Waals surface area (Å²) in [5.41, 5.74) is 9.96. The van der Waals surface area contributed by atoms with Crippen LogP contribution in [0.25, 0.3) is 44.6 Å². The second kappa shape index (κ2) is 14.9. The predicted molar refractivity (Wildman–Crippen MR) is 189 cm³/mol. The first-order valence-electron chi connectivity index (χ1n) is 15.7. The van der Waals surface area contributed by atoms with Crippen molar-refractivity contribution in [2.45, 2.75) is 33.4 Å². The molecule has 48 heavy (non-hydrogen) atoms. The van der Waals surface area contributed by atoms with Gasteiger partial charge in [0.1, 0.15) is 11.0 Å². The maximum atomic E-state index is 11.4. The number of pyridine rings is 2. The fourth-order valence-corrected chi connectivity index (χ4v) is 6.02. The minimum absolute atomic E-state index is 0.0918. The first-order chi connectivity index (χ1) is 23.4. The Hall–Kier alpha value is -4.87. The summed E-state index contributed by atoms with van der Waals surface area (Å²) in [4.78, 5) is 25.6. The van der Waals surface area contributed by atoms with Crippen molar-refractivity contribution in [2.75, 3.05) is 32.1 Å². The molecule has 6 rings (SSSR count). The van der Waals surface area contributed by atoms with Gasteiger partial charge in [-0.05, 0) is 83.6 Å². The summed E-state index contributed by atoms with van der Waals surface area (Å²) in [6.07, 6.45) is 3.90. The van der Waals surface area contributed by atoms with Gasteiger partial charge in [-0.1, -0.05) is 35.9 Å². The molecule has 246 valence electrons. The zero-order chi connectivity index (χ0) is 33.6. The quantitative estimate of drug-likeness (QED) is 0.0767. The van der Waals surface area contributed by atoms with Crippen LogP contribution >= 0.6 is 11.6 Å². The Labute approximate surface area is 283 Å². The lowest BCUT2D eigenvalue weighted by molar-refractivity contribution is -0.140. The van der Waals surface area contributed by atoms with Crippen LogP contribution in [0.3, 0.4) is 0 Å². The molecule has 11 heteroatoms. The van der Waals surface area contributed by atoms with E-state index in [0.717, 1.165) is 55.5 Å². The average Bonchev–Trinajstić information content (AvgIpc) is 3.52. The molecule has 0 atom stereocenters. The zero-order valence-corrected chi connectivity index (χ0v) is 27.8. The van der Waals surface area contributed by atoms with Gasteiger partial charge in [0, 0.05) is 55.2 Å². The minimum atomic E-state index is -0.259. The number of aliphatic hydroxyl groups excluding tert-OH is 1. The highest BCUT2D eigenvalue weighted by Crippen LogP contribution is 2.38. The number of aliphatic hydroxyl groups is 1. The smallest absolute Gasteiger partial charge is 0.306 e. The number of aromatic nitrogens is 3.